The van der Waals surface area contributed by atoms with Gasteiger partial charge in [-0.25, -0.2) is 4.39 Å². The van der Waals surface area contributed by atoms with Crippen molar-refractivity contribution in [2.75, 3.05) is 6.54 Å². The second kappa shape index (κ2) is 7.07. The molecule has 20 heavy (non-hydrogen) atoms. The van der Waals surface area contributed by atoms with Crippen LogP contribution < -0.4 is 5.32 Å². The molecule has 0 saturated carbocycles. The first-order valence-corrected chi connectivity index (χ1v) is 7.32. The van der Waals surface area contributed by atoms with E-state index in [4.69, 9.17) is 23.2 Å². The van der Waals surface area contributed by atoms with Crippen molar-refractivity contribution in [3.05, 3.63) is 57.8 Å². The van der Waals surface area contributed by atoms with E-state index < -0.39 is 0 Å². The van der Waals surface area contributed by atoms with Gasteiger partial charge in [-0.1, -0.05) is 36.2 Å². The Morgan fingerprint density at radius 3 is 2.60 bits per heavy atom. The third kappa shape index (κ3) is 3.72. The van der Waals surface area contributed by atoms with Crippen molar-refractivity contribution in [1.29, 1.82) is 0 Å². The summed E-state index contributed by atoms with van der Waals surface area (Å²) in [5, 5.41) is 4.50. The van der Waals surface area contributed by atoms with Gasteiger partial charge in [-0.15, -0.1) is 0 Å². The molecule has 1 N–H and O–H groups in total. The number of rotatable bonds is 5. The summed E-state index contributed by atoms with van der Waals surface area (Å²) in [6.07, 6.45) is 1.03. The topological polar surface area (TPSA) is 12.0 Å². The predicted octanol–water partition coefficient (Wildman–Crippen LogP) is 5.30. The van der Waals surface area contributed by atoms with Gasteiger partial charge in [-0.05, 0) is 54.4 Å². The van der Waals surface area contributed by atoms with Crippen molar-refractivity contribution < 1.29 is 4.39 Å². The van der Waals surface area contributed by atoms with Crippen LogP contribution in [0.5, 0.6) is 0 Å². The van der Waals surface area contributed by atoms with E-state index in [1.54, 1.807) is 24.3 Å². The first-order chi connectivity index (χ1) is 9.61. The van der Waals surface area contributed by atoms with E-state index >= 15 is 0 Å². The first kappa shape index (κ1) is 15.3. The Kier molecular flexibility index (Phi) is 5.41. The molecule has 0 heterocycles. The van der Waals surface area contributed by atoms with E-state index in [0.717, 1.165) is 29.7 Å². The summed E-state index contributed by atoms with van der Waals surface area (Å²) in [7, 11) is 0. The van der Waals surface area contributed by atoms with Crippen LogP contribution in [0.2, 0.25) is 10.0 Å². The molecular weight excluding hydrogens is 296 g/mol. The average molecular weight is 312 g/mol. The molecule has 0 spiro atoms. The second-order valence-corrected chi connectivity index (χ2v) is 5.45. The van der Waals surface area contributed by atoms with Crippen molar-refractivity contribution in [1.82, 2.24) is 5.32 Å². The molecule has 0 fully saturated rings. The number of benzene rings is 2. The fourth-order valence-corrected chi connectivity index (χ4v) is 2.47. The zero-order chi connectivity index (χ0) is 14.5. The summed E-state index contributed by atoms with van der Waals surface area (Å²) in [6.45, 7) is 3.58. The minimum atomic E-state index is -0.250. The lowest BCUT2D eigenvalue weighted by Gasteiger charge is -2.12. The van der Waals surface area contributed by atoms with Gasteiger partial charge in [0.2, 0.25) is 0 Å². The molecule has 0 radical (unpaired) electrons. The van der Waals surface area contributed by atoms with E-state index in [2.05, 4.69) is 12.2 Å². The highest BCUT2D eigenvalue weighted by atomic mass is 35.5. The van der Waals surface area contributed by atoms with Crippen LogP contribution in [0.15, 0.2) is 36.4 Å². The summed E-state index contributed by atoms with van der Waals surface area (Å²) < 4.78 is 13.5. The van der Waals surface area contributed by atoms with E-state index in [1.807, 2.05) is 0 Å². The van der Waals surface area contributed by atoms with Crippen molar-refractivity contribution in [2.45, 2.75) is 19.9 Å². The van der Waals surface area contributed by atoms with Gasteiger partial charge in [0.15, 0.2) is 0 Å². The fraction of sp³-hybridized carbons (Fsp3) is 0.250. The lowest BCUT2D eigenvalue weighted by atomic mass is 9.99. The maximum atomic E-state index is 13.5. The molecule has 106 valence electrons. The summed E-state index contributed by atoms with van der Waals surface area (Å²) in [5.74, 6) is -0.250. The maximum Gasteiger partial charge on any atom is 0.123 e. The van der Waals surface area contributed by atoms with Gasteiger partial charge in [0.25, 0.3) is 0 Å². The highest BCUT2D eigenvalue weighted by Gasteiger charge is 2.10. The third-order valence-corrected chi connectivity index (χ3v) is 3.59. The average Bonchev–Trinajstić information content (AvgIpc) is 2.42. The van der Waals surface area contributed by atoms with Crippen LogP contribution >= 0.6 is 23.2 Å². The Morgan fingerprint density at radius 1 is 1.05 bits per heavy atom. The summed E-state index contributed by atoms with van der Waals surface area (Å²) in [5.41, 5.74) is 2.61. The van der Waals surface area contributed by atoms with Crippen LogP contribution in [-0.2, 0) is 6.54 Å². The highest BCUT2D eigenvalue weighted by Crippen LogP contribution is 2.33. The molecule has 0 amide bonds. The standard InChI is InChI=1S/C16H16Cl2FN/c1-2-7-20-10-11-8-13(19)4-5-14(11)15-9-12(17)3-6-16(15)18/h3-6,8-9,20H,2,7,10H2,1H3. The van der Waals surface area contributed by atoms with Gasteiger partial charge in [0, 0.05) is 22.2 Å². The summed E-state index contributed by atoms with van der Waals surface area (Å²) >= 11 is 12.3. The molecular formula is C16H16Cl2FN. The molecule has 0 aliphatic carbocycles. The Balaban J connectivity index is 2.41. The van der Waals surface area contributed by atoms with Crippen LogP contribution in [-0.4, -0.2) is 6.54 Å². The van der Waals surface area contributed by atoms with Crippen LogP contribution in [0.4, 0.5) is 4.39 Å². The predicted molar refractivity (Wildman–Crippen MR) is 83.9 cm³/mol. The normalized spacial score (nSPS) is 10.8. The zero-order valence-corrected chi connectivity index (χ0v) is 12.7. The van der Waals surface area contributed by atoms with E-state index in [-0.39, 0.29) is 5.82 Å². The summed E-state index contributed by atoms with van der Waals surface area (Å²) in [6, 6.07) is 10.0. The van der Waals surface area contributed by atoms with Crippen LogP contribution in [0.3, 0.4) is 0 Å². The number of hydrogen-bond donors (Lipinski definition) is 1. The third-order valence-electron chi connectivity index (χ3n) is 3.03. The molecule has 0 aromatic heterocycles. The Bertz CT molecular complexity index is 599. The minimum absolute atomic E-state index is 0.250. The number of hydrogen-bond acceptors (Lipinski definition) is 1. The van der Waals surface area contributed by atoms with Crippen molar-refractivity contribution in [3.63, 3.8) is 0 Å². The van der Waals surface area contributed by atoms with Gasteiger partial charge in [0.05, 0.1) is 0 Å². The molecule has 0 unspecified atom stereocenters. The number of nitrogens with one attached hydrogen (secondary N) is 1. The SMILES string of the molecule is CCCNCc1cc(F)ccc1-c1cc(Cl)ccc1Cl. The van der Waals surface area contributed by atoms with Crippen LogP contribution in [0.1, 0.15) is 18.9 Å². The molecule has 0 aliphatic heterocycles. The molecule has 0 saturated heterocycles. The van der Waals surface area contributed by atoms with Crippen molar-refractivity contribution >= 4 is 23.2 Å². The largest absolute Gasteiger partial charge is 0.313 e. The van der Waals surface area contributed by atoms with Crippen molar-refractivity contribution in [2.24, 2.45) is 0 Å². The maximum absolute atomic E-state index is 13.5. The lowest BCUT2D eigenvalue weighted by molar-refractivity contribution is 0.619. The van der Waals surface area contributed by atoms with Gasteiger partial charge in [-0.3, -0.25) is 0 Å². The fourth-order valence-electron chi connectivity index (χ4n) is 2.08. The Hall–Kier alpha value is -1.09. The molecule has 0 bridgehead atoms. The number of halogens is 3. The molecule has 2 rings (SSSR count). The monoisotopic (exact) mass is 311 g/mol. The molecule has 1 nitrogen and oxygen atoms in total. The molecule has 0 aliphatic rings. The highest BCUT2D eigenvalue weighted by molar-refractivity contribution is 6.35. The smallest absolute Gasteiger partial charge is 0.123 e. The van der Waals surface area contributed by atoms with Gasteiger partial charge in [-0.2, -0.15) is 0 Å². The van der Waals surface area contributed by atoms with Crippen LogP contribution in [0.25, 0.3) is 11.1 Å². The lowest BCUT2D eigenvalue weighted by Crippen LogP contribution is -2.14. The van der Waals surface area contributed by atoms with E-state index in [9.17, 15) is 4.39 Å². The van der Waals surface area contributed by atoms with Gasteiger partial charge < -0.3 is 5.32 Å². The minimum Gasteiger partial charge on any atom is -0.313 e. The van der Waals surface area contributed by atoms with Gasteiger partial charge in [0.1, 0.15) is 5.82 Å². The Labute approximate surface area is 128 Å². The quantitative estimate of drug-likeness (QED) is 0.739. The van der Waals surface area contributed by atoms with E-state index in [1.165, 1.54) is 12.1 Å². The molecule has 2 aromatic carbocycles. The second-order valence-electron chi connectivity index (χ2n) is 4.60. The van der Waals surface area contributed by atoms with Crippen molar-refractivity contribution in [3.8, 4) is 11.1 Å². The van der Waals surface area contributed by atoms with Gasteiger partial charge >= 0.3 is 0 Å². The molecule has 2 aromatic rings. The Morgan fingerprint density at radius 2 is 1.85 bits per heavy atom. The molecule has 4 heteroatoms. The first-order valence-electron chi connectivity index (χ1n) is 6.56. The van der Waals surface area contributed by atoms with E-state index in [0.29, 0.717) is 16.6 Å². The van der Waals surface area contributed by atoms with Crippen LogP contribution in [0, 0.1) is 5.82 Å². The zero-order valence-electron chi connectivity index (χ0n) is 11.2. The summed E-state index contributed by atoms with van der Waals surface area (Å²) in [4.78, 5) is 0. The molecule has 0 atom stereocenters.